The highest BCUT2D eigenvalue weighted by molar-refractivity contribution is 5.33. The van der Waals surface area contributed by atoms with Crippen LogP contribution in [0, 0.1) is 0 Å². The lowest BCUT2D eigenvalue weighted by molar-refractivity contribution is 0.193. The first-order chi connectivity index (χ1) is 10.4. The van der Waals surface area contributed by atoms with E-state index in [9.17, 15) is 0 Å². The molecule has 1 atom stereocenters. The average molecular weight is 288 g/mol. The fraction of sp³-hybridized carbons (Fsp3) is 0.667. The second kappa shape index (κ2) is 7.28. The first-order valence-electron chi connectivity index (χ1n) is 8.55. The summed E-state index contributed by atoms with van der Waals surface area (Å²) in [5.74, 6) is 1.05. The highest BCUT2D eigenvalue weighted by Gasteiger charge is 2.22. The van der Waals surface area contributed by atoms with E-state index in [1.54, 1.807) is 0 Å². The van der Waals surface area contributed by atoms with Crippen LogP contribution in [0.4, 0.5) is 0 Å². The molecule has 1 saturated heterocycles. The van der Waals surface area contributed by atoms with E-state index in [1.807, 2.05) is 0 Å². The Bertz CT molecular complexity index is 445. The van der Waals surface area contributed by atoms with Gasteiger partial charge in [0.2, 0.25) is 0 Å². The Morgan fingerprint density at radius 3 is 2.90 bits per heavy atom. The van der Waals surface area contributed by atoms with Crippen molar-refractivity contribution in [3.63, 3.8) is 0 Å². The minimum Gasteiger partial charge on any atom is -0.492 e. The zero-order valence-electron chi connectivity index (χ0n) is 13.2. The standard InChI is InChI=1S/C18H28N2O/c1-2-17-7-5-11-20(17)12-13-21-18-8-4-3-6-15(18)14-19-16-9-10-16/h3-4,6,8,16-17,19H,2,5,7,9-14H2,1H3. The zero-order valence-corrected chi connectivity index (χ0v) is 13.2. The smallest absolute Gasteiger partial charge is 0.123 e. The number of ether oxygens (including phenoxy) is 1. The van der Waals surface area contributed by atoms with E-state index >= 15 is 0 Å². The molecular formula is C18H28N2O. The minimum absolute atomic E-state index is 0.743. The largest absolute Gasteiger partial charge is 0.492 e. The second-order valence-electron chi connectivity index (χ2n) is 6.35. The lowest BCUT2D eigenvalue weighted by Gasteiger charge is -2.23. The SMILES string of the molecule is CCC1CCCN1CCOc1ccccc1CNC1CC1. The molecule has 0 amide bonds. The number of likely N-dealkylation sites (tertiary alicyclic amines) is 1. The van der Waals surface area contributed by atoms with Crippen LogP contribution in [0.25, 0.3) is 0 Å². The second-order valence-corrected chi connectivity index (χ2v) is 6.35. The molecule has 2 fully saturated rings. The summed E-state index contributed by atoms with van der Waals surface area (Å²) in [6.07, 6.45) is 6.63. The van der Waals surface area contributed by atoms with E-state index in [0.29, 0.717) is 0 Å². The molecule has 3 rings (SSSR count). The molecule has 1 aromatic rings. The van der Waals surface area contributed by atoms with Gasteiger partial charge in [0.25, 0.3) is 0 Å². The van der Waals surface area contributed by atoms with Crippen molar-refractivity contribution in [2.45, 2.75) is 57.7 Å². The molecule has 0 radical (unpaired) electrons. The summed E-state index contributed by atoms with van der Waals surface area (Å²) in [7, 11) is 0. The first-order valence-corrected chi connectivity index (χ1v) is 8.55. The molecule has 1 aliphatic carbocycles. The molecule has 3 nitrogen and oxygen atoms in total. The first kappa shape index (κ1) is 14.9. The Hall–Kier alpha value is -1.06. The molecule has 2 aliphatic rings. The van der Waals surface area contributed by atoms with Crippen LogP contribution in [0.3, 0.4) is 0 Å². The number of nitrogens with zero attached hydrogens (tertiary/aromatic N) is 1. The Morgan fingerprint density at radius 1 is 1.24 bits per heavy atom. The van der Waals surface area contributed by atoms with Gasteiger partial charge in [0.05, 0.1) is 0 Å². The van der Waals surface area contributed by atoms with E-state index in [2.05, 4.69) is 41.4 Å². The number of nitrogens with one attached hydrogen (secondary N) is 1. The molecule has 1 heterocycles. The summed E-state index contributed by atoms with van der Waals surface area (Å²) in [5, 5.41) is 3.57. The molecule has 1 N–H and O–H groups in total. The van der Waals surface area contributed by atoms with Gasteiger partial charge in [0.15, 0.2) is 0 Å². The summed E-state index contributed by atoms with van der Waals surface area (Å²) in [4.78, 5) is 2.59. The van der Waals surface area contributed by atoms with Gasteiger partial charge in [-0.2, -0.15) is 0 Å². The molecule has 3 heteroatoms. The fourth-order valence-electron chi connectivity index (χ4n) is 3.26. The third-order valence-electron chi connectivity index (χ3n) is 4.74. The van der Waals surface area contributed by atoms with Gasteiger partial charge >= 0.3 is 0 Å². The number of para-hydroxylation sites is 1. The normalized spacial score (nSPS) is 22.6. The Kier molecular flexibility index (Phi) is 5.15. The molecule has 1 unspecified atom stereocenters. The van der Waals surface area contributed by atoms with E-state index in [4.69, 9.17) is 4.74 Å². The van der Waals surface area contributed by atoms with Crippen LogP contribution in [0.5, 0.6) is 5.75 Å². The molecule has 1 aromatic carbocycles. The van der Waals surface area contributed by atoms with Crippen LogP contribution >= 0.6 is 0 Å². The van der Waals surface area contributed by atoms with Crippen molar-refractivity contribution in [1.82, 2.24) is 10.2 Å². The zero-order chi connectivity index (χ0) is 14.5. The van der Waals surface area contributed by atoms with Gasteiger partial charge in [-0.3, -0.25) is 4.90 Å². The maximum absolute atomic E-state index is 6.06. The van der Waals surface area contributed by atoms with Gasteiger partial charge < -0.3 is 10.1 Å². The van der Waals surface area contributed by atoms with Gasteiger partial charge in [-0.25, -0.2) is 0 Å². The summed E-state index contributed by atoms with van der Waals surface area (Å²) >= 11 is 0. The minimum atomic E-state index is 0.743. The van der Waals surface area contributed by atoms with Crippen LogP contribution in [0.15, 0.2) is 24.3 Å². The topological polar surface area (TPSA) is 24.5 Å². The number of benzene rings is 1. The van der Waals surface area contributed by atoms with Gasteiger partial charge in [0.1, 0.15) is 12.4 Å². The molecule has 0 aromatic heterocycles. The monoisotopic (exact) mass is 288 g/mol. The maximum atomic E-state index is 6.06. The maximum Gasteiger partial charge on any atom is 0.123 e. The van der Waals surface area contributed by atoms with Crippen molar-refractivity contribution in [2.75, 3.05) is 19.7 Å². The van der Waals surface area contributed by atoms with Crippen molar-refractivity contribution in [2.24, 2.45) is 0 Å². The average Bonchev–Trinajstić information content (AvgIpc) is 3.24. The summed E-state index contributed by atoms with van der Waals surface area (Å²) < 4.78 is 6.06. The number of hydrogen-bond acceptors (Lipinski definition) is 3. The van der Waals surface area contributed by atoms with Crippen molar-refractivity contribution < 1.29 is 4.74 Å². The lowest BCUT2D eigenvalue weighted by atomic mass is 10.2. The Labute approximate surface area is 128 Å². The van der Waals surface area contributed by atoms with E-state index in [0.717, 1.165) is 37.5 Å². The van der Waals surface area contributed by atoms with Crippen molar-refractivity contribution >= 4 is 0 Å². The number of hydrogen-bond donors (Lipinski definition) is 1. The molecule has 1 saturated carbocycles. The van der Waals surface area contributed by atoms with Gasteiger partial charge in [-0.15, -0.1) is 0 Å². The van der Waals surface area contributed by atoms with Crippen LogP contribution in [0.2, 0.25) is 0 Å². The molecule has 0 bridgehead atoms. The van der Waals surface area contributed by atoms with Crippen LogP contribution in [-0.4, -0.2) is 36.7 Å². The van der Waals surface area contributed by atoms with Crippen molar-refractivity contribution in [3.8, 4) is 5.75 Å². The highest BCUT2D eigenvalue weighted by Crippen LogP contribution is 2.23. The molecule has 1 aliphatic heterocycles. The summed E-state index contributed by atoms with van der Waals surface area (Å²) in [6, 6.07) is 9.97. The third kappa shape index (κ3) is 4.21. The van der Waals surface area contributed by atoms with E-state index in [1.165, 1.54) is 44.2 Å². The fourth-order valence-corrected chi connectivity index (χ4v) is 3.26. The Balaban J connectivity index is 1.47. The Morgan fingerprint density at radius 2 is 2.10 bits per heavy atom. The molecule has 116 valence electrons. The molecule has 0 spiro atoms. The van der Waals surface area contributed by atoms with E-state index < -0.39 is 0 Å². The highest BCUT2D eigenvalue weighted by atomic mass is 16.5. The quantitative estimate of drug-likeness (QED) is 0.795. The number of rotatable bonds is 8. The van der Waals surface area contributed by atoms with Crippen LogP contribution < -0.4 is 10.1 Å². The predicted octanol–water partition coefficient (Wildman–Crippen LogP) is 3.19. The van der Waals surface area contributed by atoms with Gasteiger partial charge in [0, 0.05) is 30.7 Å². The summed E-state index contributed by atoms with van der Waals surface area (Å²) in [6.45, 7) is 6.33. The van der Waals surface area contributed by atoms with Crippen LogP contribution in [0.1, 0.15) is 44.6 Å². The van der Waals surface area contributed by atoms with Gasteiger partial charge in [-0.1, -0.05) is 25.1 Å². The predicted molar refractivity (Wildman–Crippen MR) is 86.7 cm³/mol. The molecular weight excluding hydrogens is 260 g/mol. The van der Waals surface area contributed by atoms with Crippen molar-refractivity contribution in [3.05, 3.63) is 29.8 Å². The third-order valence-corrected chi connectivity index (χ3v) is 4.74. The van der Waals surface area contributed by atoms with Crippen molar-refractivity contribution in [1.29, 1.82) is 0 Å². The molecule has 21 heavy (non-hydrogen) atoms. The van der Waals surface area contributed by atoms with Gasteiger partial charge in [-0.05, 0) is 44.7 Å². The summed E-state index contributed by atoms with van der Waals surface area (Å²) in [5.41, 5.74) is 1.29. The van der Waals surface area contributed by atoms with Crippen LogP contribution in [-0.2, 0) is 6.54 Å². The van der Waals surface area contributed by atoms with E-state index in [-0.39, 0.29) is 0 Å². The lowest BCUT2D eigenvalue weighted by Crippen LogP contribution is -2.32.